The molecule has 1 unspecified atom stereocenters. The summed E-state index contributed by atoms with van der Waals surface area (Å²) < 4.78 is 5.95. The number of hydrogen-bond donors (Lipinski definition) is 1. The average Bonchev–Trinajstić information content (AvgIpc) is 2.71. The van der Waals surface area contributed by atoms with Crippen LogP contribution in [0.15, 0.2) is 22.7 Å². The van der Waals surface area contributed by atoms with Gasteiger partial charge in [-0.05, 0) is 30.2 Å². The number of nitrogens with zero attached hydrogens (tertiary/aromatic N) is 1. The Morgan fingerprint density at radius 2 is 2.41 bits per heavy atom. The molecule has 1 aromatic carbocycles. The number of ether oxygens (including phenoxy) is 1. The highest BCUT2D eigenvalue weighted by Crippen LogP contribution is 2.30. The van der Waals surface area contributed by atoms with Crippen LogP contribution in [0.1, 0.15) is 5.56 Å². The van der Waals surface area contributed by atoms with Gasteiger partial charge in [0.05, 0.1) is 6.61 Å². The number of benzene rings is 1. The van der Waals surface area contributed by atoms with Crippen LogP contribution < -0.4 is 10.6 Å². The third-order valence-corrected chi connectivity index (χ3v) is 3.36. The van der Waals surface area contributed by atoms with Crippen LogP contribution in [-0.4, -0.2) is 32.2 Å². The van der Waals surface area contributed by atoms with Gasteiger partial charge in [-0.15, -0.1) is 0 Å². The molecule has 4 nitrogen and oxygen atoms in total. The van der Waals surface area contributed by atoms with Gasteiger partial charge in [0.1, 0.15) is 6.04 Å². The van der Waals surface area contributed by atoms with Gasteiger partial charge in [0.15, 0.2) is 0 Å². The summed E-state index contributed by atoms with van der Waals surface area (Å²) in [4.78, 5) is 13.8. The zero-order valence-electron chi connectivity index (χ0n) is 9.65. The fraction of sp³-hybridized carbons (Fsp3) is 0.417. The van der Waals surface area contributed by atoms with Gasteiger partial charge in [0, 0.05) is 23.8 Å². The number of halogens is 1. The van der Waals surface area contributed by atoms with E-state index in [4.69, 9.17) is 10.5 Å². The van der Waals surface area contributed by atoms with Crippen LogP contribution in [0.25, 0.3) is 0 Å². The van der Waals surface area contributed by atoms with Crippen molar-refractivity contribution in [1.82, 2.24) is 0 Å². The van der Waals surface area contributed by atoms with Crippen LogP contribution in [0.4, 0.5) is 5.69 Å². The van der Waals surface area contributed by atoms with Gasteiger partial charge < -0.3 is 15.4 Å². The largest absolute Gasteiger partial charge is 0.383 e. The highest BCUT2D eigenvalue weighted by Gasteiger charge is 2.28. The number of rotatable bonds is 3. The van der Waals surface area contributed by atoms with Gasteiger partial charge in [-0.3, -0.25) is 4.79 Å². The average molecular weight is 299 g/mol. The molecule has 92 valence electrons. The van der Waals surface area contributed by atoms with E-state index in [0.717, 1.165) is 16.6 Å². The first-order chi connectivity index (χ1) is 8.13. The lowest BCUT2D eigenvalue weighted by Gasteiger charge is -2.21. The Hall–Kier alpha value is -0.910. The zero-order chi connectivity index (χ0) is 12.4. The van der Waals surface area contributed by atoms with Crippen LogP contribution in [0.3, 0.4) is 0 Å². The number of carbonyl (C=O) groups excluding carboxylic acids is 1. The lowest BCUT2D eigenvalue weighted by molar-refractivity contribution is -0.120. The van der Waals surface area contributed by atoms with E-state index in [-0.39, 0.29) is 12.5 Å². The lowest BCUT2D eigenvalue weighted by Crippen LogP contribution is -2.45. The second kappa shape index (κ2) is 5.16. The quantitative estimate of drug-likeness (QED) is 0.915. The number of amides is 1. The lowest BCUT2D eigenvalue weighted by atomic mass is 10.2. The summed E-state index contributed by atoms with van der Waals surface area (Å²) in [5, 5.41) is 0. The van der Waals surface area contributed by atoms with Gasteiger partial charge in [-0.25, -0.2) is 0 Å². The normalized spacial score (nSPS) is 15.8. The van der Waals surface area contributed by atoms with Gasteiger partial charge in [0.2, 0.25) is 5.91 Å². The minimum absolute atomic E-state index is 0.0760. The molecule has 1 aromatic rings. The molecule has 2 N–H and O–H groups in total. The van der Waals surface area contributed by atoms with Crippen molar-refractivity contribution in [1.29, 1.82) is 0 Å². The fourth-order valence-corrected chi connectivity index (χ4v) is 2.46. The summed E-state index contributed by atoms with van der Waals surface area (Å²) >= 11 is 3.43. The number of hydrogen-bond acceptors (Lipinski definition) is 3. The number of nitrogens with two attached hydrogens (primary N) is 1. The van der Waals surface area contributed by atoms with Crippen LogP contribution in [0, 0.1) is 0 Å². The Morgan fingerprint density at radius 1 is 1.65 bits per heavy atom. The first kappa shape index (κ1) is 12.5. The molecule has 1 amide bonds. The number of fused-ring (bicyclic) bond motifs is 1. The Kier molecular flexibility index (Phi) is 3.81. The molecule has 0 aromatic heterocycles. The minimum Gasteiger partial charge on any atom is -0.383 e. The van der Waals surface area contributed by atoms with Gasteiger partial charge in [-0.2, -0.15) is 0 Å². The van der Waals surface area contributed by atoms with Crippen molar-refractivity contribution >= 4 is 27.5 Å². The highest BCUT2D eigenvalue weighted by atomic mass is 79.9. The predicted octanol–water partition coefficient (Wildman–Crippen LogP) is 1.31. The maximum absolute atomic E-state index is 12.1. The molecule has 0 bridgehead atoms. The monoisotopic (exact) mass is 298 g/mol. The molecule has 0 radical (unpaired) electrons. The summed E-state index contributed by atoms with van der Waals surface area (Å²) in [6.07, 6.45) is 0.875. The van der Waals surface area contributed by atoms with Crippen LogP contribution in [0.2, 0.25) is 0 Å². The molecule has 1 aliphatic heterocycles. The second-order valence-electron chi connectivity index (χ2n) is 4.07. The zero-order valence-corrected chi connectivity index (χ0v) is 11.2. The van der Waals surface area contributed by atoms with Crippen LogP contribution in [0.5, 0.6) is 0 Å². The first-order valence-corrected chi connectivity index (χ1v) is 6.27. The molecule has 1 atom stereocenters. The minimum atomic E-state index is -0.588. The molecule has 0 aliphatic carbocycles. The van der Waals surface area contributed by atoms with Gasteiger partial charge in [0.25, 0.3) is 0 Å². The maximum atomic E-state index is 12.1. The smallest absolute Gasteiger partial charge is 0.246 e. The summed E-state index contributed by atoms with van der Waals surface area (Å²) in [6, 6.07) is 5.34. The highest BCUT2D eigenvalue weighted by molar-refractivity contribution is 9.10. The molecule has 0 fully saturated rings. The molecule has 17 heavy (non-hydrogen) atoms. The summed E-state index contributed by atoms with van der Waals surface area (Å²) in [5.74, 6) is -0.0760. The standard InChI is InChI=1S/C12H15BrN2O2/c1-17-7-10(14)12(16)15-5-4-8-6-9(13)2-3-11(8)15/h2-3,6,10H,4-5,7,14H2,1H3. The second-order valence-corrected chi connectivity index (χ2v) is 4.99. The van der Waals surface area contributed by atoms with Crippen molar-refractivity contribution in [3.05, 3.63) is 28.2 Å². The Morgan fingerprint density at radius 3 is 3.12 bits per heavy atom. The summed E-state index contributed by atoms with van der Waals surface area (Å²) in [7, 11) is 1.54. The van der Waals surface area contributed by atoms with Crippen molar-refractivity contribution in [2.45, 2.75) is 12.5 Å². The maximum Gasteiger partial charge on any atom is 0.246 e. The topological polar surface area (TPSA) is 55.6 Å². The van der Waals surface area contributed by atoms with Crippen molar-refractivity contribution in [3.63, 3.8) is 0 Å². The molecule has 0 saturated carbocycles. The van der Waals surface area contributed by atoms with Crippen molar-refractivity contribution in [2.24, 2.45) is 5.73 Å². The van der Waals surface area contributed by atoms with E-state index in [1.54, 1.807) is 12.0 Å². The van der Waals surface area contributed by atoms with Crippen molar-refractivity contribution in [2.75, 3.05) is 25.2 Å². The summed E-state index contributed by atoms with van der Waals surface area (Å²) in [5.41, 5.74) is 7.91. The van der Waals surface area contributed by atoms with E-state index in [1.165, 1.54) is 5.56 Å². The number of anilines is 1. The van der Waals surface area contributed by atoms with E-state index in [9.17, 15) is 4.79 Å². The Bertz CT molecular complexity index is 437. The molecule has 0 saturated heterocycles. The molecule has 2 rings (SSSR count). The molecule has 1 aliphatic rings. The van der Waals surface area contributed by atoms with Gasteiger partial charge in [-0.1, -0.05) is 15.9 Å². The Labute approximate surface area is 109 Å². The van der Waals surface area contributed by atoms with E-state index in [0.29, 0.717) is 6.54 Å². The number of methoxy groups -OCH3 is 1. The summed E-state index contributed by atoms with van der Waals surface area (Å²) in [6.45, 7) is 0.948. The third-order valence-electron chi connectivity index (χ3n) is 2.87. The van der Waals surface area contributed by atoms with Gasteiger partial charge >= 0.3 is 0 Å². The Balaban J connectivity index is 2.19. The SMILES string of the molecule is COCC(N)C(=O)N1CCc2cc(Br)ccc21. The van der Waals surface area contributed by atoms with Crippen LogP contribution >= 0.6 is 15.9 Å². The first-order valence-electron chi connectivity index (χ1n) is 5.48. The third kappa shape index (κ3) is 2.51. The number of carbonyl (C=O) groups is 1. The van der Waals surface area contributed by atoms with E-state index in [1.807, 2.05) is 18.2 Å². The van der Waals surface area contributed by atoms with E-state index in [2.05, 4.69) is 15.9 Å². The molecule has 5 heteroatoms. The van der Waals surface area contributed by atoms with E-state index >= 15 is 0 Å². The van der Waals surface area contributed by atoms with E-state index < -0.39 is 6.04 Å². The van der Waals surface area contributed by atoms with Crippen LogP contribution in [-0.2, 0) is 16.0 Å². The molecule has 1 heterocycles. The molecule has 0 spiro atoms. The molecular weight excluding hydrogens is 284 g/mol. The van der Waals surface area contributed by atoms with Crippen molar-refractivity contribution in [3.8, 4) is 0 Å². The van der Waals surface area contributed by atoms with Crippen molar-refractivity contribution < 1.29 is 9.53 Å². The predicted molar refractivity (Wildman–Crippen MR) is 70.1 cm³/mol. The molecular formula is C12H15BrN2O2. The fourth-order valence-electron chi connectivity index (χ4n) is 2.05.